The van der Waals surface area contributed by atoms with Crippen LogP contribution in [-0.2, 0) is 0 Å². The fourth-order valence-electron chi connectivity index (χ4n) is 2.41. The van der Waals surface area contributed by atoms with E-state index < -0.39 is 0 Å². The second-order valence-electron chi connectivity index (χ2n) is 4.56. The molecule has 80 valence electrons. The van der Waals surface area contributed by atoms with Crippen molar-refractivity contribution in [3.8, 4) is 11.8 Å². The van der Waals surface area contributed by atoms with Gasteiger partial charge in [0.25, 0.3) is 0 Å². The topological polar surface area (TPSA) is 20.2 Å². The molecule has 0 bridgehead atoms. The summed E-state index contributed by atoms with van der Waals surface area (Å²) in [5.74, 6) is 7.24. The van der Waals surface area contributed by atoms with Crippen LogP contribution < -0.4 is 0 Å². The van der Waals surface area contributed by atoms with Gasteiger partial charge >= 0.3 is 0 Å². The van der Waals surface area contributed by atoms with Crippen molar-refractivity contribution in [2.45, 2.75) is 58.5 Å². The Bertz CT molecular complexity index is 211. The number of aliphatic hydroxyl groups is 1. The maximum atomic E-state index is 9.95. The van der Waals surface area contributed by atoms with Crippen molar-refractivity contribution in [1.82, 2.24) is 0 Å². The van der Waals surface area contributed by atoms with Gasteiger partial charge in [0.05, 0.1) is 6.10 Å². The molecule has 1 N–H and O–H groups in total. The summed E-state index contributed by atoms with van der Waals surface area (Å²) >= 11 is 0. The van der Waals surface area contributed by atoms with E-state index in [1.807, 2.05) is 6.92 Å². The van der Waals surface area contributed by atoms with E-state index in [0.29, 0.717) is 5.92 Å². The smallest absolute Gasteiger partial charge is 0.0577 e. The van der Waals surface area contributed by atoms with Crippen LogP contribution in [0.3, 0.4) is 0 Å². The monoisotopic (exact) mass is 194 g/mol. The van der Waals surface area contributed by atoms with Crippen LogP contribution >= 0.6 is 0 Å². The molecule has 0 aliphatic heterocycles. The summed E-state index contributed by atoms with van der Waals surface area (Å²) in [6, 6.07) is 0. The van der Waals surface area contributed by atoms with Gasteiger partial charge in [0.1, 0.15) is 0 Å². The minimum absolute atomic E-state index is 0.112. The van der Waals surface area contributed by atoms with Crippen LogP contribution in [0.25, 0.3) is 0 Å². The molecule has 1 aliphatic carbocycles. The number of rotatable bonds is 3. The molecule has 0 spiro atoms. The van der Waals surface area contributed by atoms with Crippen molar-refractivity contribution in [3.05, 3.63) is 0 Å². The zero-order chi connectivity index (χ0) is 10.4. The lowest BCUT2D eigenvalue weighted by Crippen LogP contribution is -2.25. The second-order valence-corrected chi connectivity index (χ2v) is 4.56. The summed E-state index contributed by atoms with van der Waals surface area (Å²) in [6.45, 7) is 4.15. The Balaban J connectivity index is 2.27. The molecule has 3 unspecified atom stereocenters. The van der Waals surface area contributed by atoms with Crippen LogP contribution in [0.2, 0.25) is 0 Å². The zero-order valence-corrected chi connectivity index (χ0v) is 9.42. The number of aliphatic hydroxyl groups excluding tert-OH is 1. The molecule has 1 fully saturated rings. The third-order valence-corrected chi connectivity index (χ3v) is 3.26. The predicted octanol–water partition coefficient (Wildman–Crippen LogP) is 2.98. The van der Waals surface area contributed by atoms with Crippen LogP contribution in [0.1, 0.15) is 52.4 Å². The minimum atomic E-state index is -0.112. The van der Waals surface area contributed by atoms with Crippen LogP contribution in [0.4, 0.5) is 0 Å². The Labute approximate surface area is 87.9 Å². The highest BCUT2D eigenvalue weighted by Gasteiger charge is 2.24. The highest BCUT2D eigenvalue weighted by Crippen LogP contribution is 2.31. The first-order valence-corrected chi connectivity index (χ1v) is 5.81. The van der Waals surface area contributed by atoms with Crippen LogP contribution in [0.15, 0.2) is 0 Å². The van der Waals surface area contributed by atoms with Crippen molar-refractivity contribution >= 4 is 0 Å². The van der Waals surface area contributed by atoms with Crippen molar-refractivity contribution in [3.63, 3.8) is 0 Å². The van der Waals surface area contributed by atoms with Crippen molar-refractivity contribution in [2.75, 3.05) is 0 Å². The molecular formula is C13H22O. The molecule has 0 aromatic rings. The van der Waals surface area contributed by atoms with Gasteiger partial charge in [0.2, 0.25) is 0 Å². The Hall–Kier alpha value is -0.480. The van der Waals surface area contributed by atoms with Crippen molar-refractivity contribution in [2.24, 2.45) is 11.8 Å². The fourth-order valence-corrected chi connectivity index (χ4v) is 2.41. The molecule has 3 atom stereocenters. The normalized spacial score (nSPS) is 29.1. The van der Waals surface area contributed by atoms with Crippen LogP contribution in [-0.4, -0.2) is 11.2 Å². The lowest BCUT2D eigenvalue weighted by Gasteiger charge is -2.30. The summed E-state index contributed by atoms with van der Waals surface area (Å²) in [7, 11) is 0. The molecule has 1 rings (SSSR count). The Morgan fingerprint density at radius 3 is 2.86 bits per heavy atom. The highest BCUT2D eigenvalue weighted by atomic mass is 16.3. The first-order chi connectivity index (χ1) is 6.74. The van der Waals surface area contributed by atoms with E-state index in [9.17, 15) is 5.11 Å². The molecule has 0 radical (unpaired) electrons. The lowest BCUT2D eigenvalue weighted by molar-refractivity contribution is 0.0661. The SMILES string of the molecule is CC#CCCC(O)C1CCCC(C)C1. The molecule has 1 nitrogen and oxygen atoms in total. The van der Waals surface area contributed by atoms with Gasteiger partial charge in [-0.05, 0) is 38.0 Å². The van der Waals surface area contributed by atoms with Crippen molar-refractivity contribution < 1.29 is 5.11 Å². The predicted molar refractivity (Wildman–Crippen MR) is 59.8 cm³/mol. The number of hydrogen-bond donors (Lipinski definition) is 1. The van der Waals surface area contributed by atoms with E-state index in [4.69, 9.17) is 0 Å². The Kier molecular flexibility index (Phi) is 5.04. The average molecular weight is 194 g/mol. The van der Waals surface area contributed by atoms with Gasteiger partial charge in [-0.25, -0.2) is 0 Å². The molecule has 0 heterocycles. The van der Waals surface area contributed by atoms with Gasteiger partial charge in [-0.1, -0.05) is 19.8 Å². The van der Waals surface area contributed by atoms with Gasteiger partial charge in [-0.15, -0.1) is 11.8 Å². The summed E-state index contributed by atoms with van der Waals surface area (Å²) in [5.41, 5.74) is 0. The third-order valence-electron chi connectivity index (χ3n) is 3.26. The summed E-state index contributed by atoms with van der Waals surface area (Å²) < 4.78 is 0. The maximum Gasteiger partial charge on any atom is 0.0577 e. The van der Waals surface area contributed by atoms with E-state index in [-0.39, 0.29) is 6.10 Å². The molecular weight excluding hydrogens is 172 g/mol. The third kappa shape index (κ3) is 3.72. The van der Waals surface area contributed by atoms with E-state index >= 15 is 0 Å². The highest BCUT2D eigenvalue weighted by molar-refractivity contribution is 4.95. The van der Waals surface area contributed by atoms with Crippen molar-refractivity contribution in [1.29, 1.82) is 0 Å². The average Bonchev–Trinajstić information content (AvgIpc) is 2.18. The minimum Gasteiger partial charge on any atom is -0.393 e. The fraction of sp³-hybridized carbons (Fsp3) is 0.846. The van der Waals surface area contributed by atoms with E-state index in [2.05, 4.69) is 18.8 Å². The van der Waals surface area contributed by atoms with Gasteiger partial charge < -0.3 is 5.11 Å². The first kappa shape index (κ1) is 11.6. The molecule has 0 aromatic heterocycles. The van der Waals surface area contributed by atoms with Crippen LogP contribution in [0, 0.1) is 23.7 Å². The summed E-state index contributed by atoms with van der Waals surface area (Å²) in [4.78, 5) is 0. The van der Waals surface area contributed by atoms with Gasteiger partial charge in [0.15, 0.2) is 0 Å². The summed E-state index contributed by atoms with van der Waals surface area (Å²) in [5, 5.41) is 9.95. The molecule has 1 heteroatoms. The van der Waals surface area contributed by atoms with Gasteiger partial charge in [0, 0.05) is 6.42 Å². The first-order valence-electron chi connectivity index (χ1n) is 5.81. The maximum absolute atomic E-state index is 9.95. The quantitative estimate of drug-likeness (QED) is 0.685. The van der Waals surface area contributed by atoms with Gasteiger partial charge in [-0.2, -0.15) is 0 Å². The van der Waals surface area contributed by atoms with E-state index in [0.717, 1.165) is 18.8 Å². The second kappa shape index (κ2) is 6.09. The molecule has 0 saturated heterocycles. The van der Waals surface area contributed by atoms with Gasteiger partial charge in [-0.3, -0.25) is 0 Å². The molecule has 14 heavy (non-hydrogen) atoms. The molecule has 0 aromatic carbocycles. The molecule has 1 aliphatic rings. The van der Waals surface area contributed by atoms with Crippen LogP contribution in [0.5, 0.6) is 0 Å². The number of hydrogen-bond acceptors (Lipinski definition) is 1. The standard InChI is InChI=1S/C13H22O/c1-3-4-5-9-13(14)12-8-6-7-11(2)10-12/h11-14H,5-10H2,1-2H3. The molecule has 1 saturated carbocycles. The molecule has 0 amide bonds. The Morgan fingerprint density at radius 1 is 1.43 bits per heavy atom. The van der Waals surface area contributed by atoms with E-state index in [1.54, 1.807) is 0 Å². The largest absolute Gasteiger partial charge is 0.393 e. The summed E-state index contributed by atoms with van der Waals surface area (Å²) in [6.07, 6.45) is 6.66. The van der Waals surface area contributed by atoms with E-state index in [1.165, 1.54) is 25.7 Å². The lowest BCUT2D eigenvalue weighted by atomic mass is 9.78. The Morgan fingerprint density at radius 2 is 2.21 bits per heavy atom. The zero-order valence-electron chi connectivity index (χ0n) is 9.42.